The number of imidazole rings is 1. The molecule has 2 heterocycles. The smallest absolute Gasteiger partial charge is 0.0931 e. The number of H-pyrrole nitrogens is 1. The van der Waals surface area contributed by atoms with Crippen LogP contribution in [0.2, 0.25) is 0 Å². The fourth-order valence-corrected chi connectivity index (χ4v) is 4.05. The number of rotatable bonds is 3. The van der Waals surface area contributed by atoms with Crippen LogP contribution in [0.15, 0.2) is 54.2 Å². The van der Waals surface area contributed by atoms with E-state index in [0.29, 0.717) is 0 Å². The molecule has 2 nitrogen and oxygen atoms in total. The van der Waals surface area contributed by atoms with Crippen molar-refractivity contribution in [1.82, 2.24) is 9.97 Å². The Hall–Kier alpha value is -2.39. The molecule has 111 valence electrons. The first-order chi connectivity index (χ1) is 11.4. The van der Waals surface area contributed by atoms with Crippen molar-refractivity contribution in [3.8, 4) is 22.3 Å². The Kier molecular flexibility index (Phi) is 2.88. The van der Waals surface area contributed by atoms with Crippen LogP contribution in [-0.2, 0) is 0 Å². The second-order valence-electron chi connectivity index (χ2n) is 6.14. The van der Waals surface area contributed by atoms with Crippen molar-refractivity contribution in [1.29, 1.82) is 0 Å². The van der Waals surface area contributed by atoms with E-state index >= 15 is 0 Å². The summed E-state index contributed by atoms with van der Waals surface area (Å²) in [6.45, 7) is 0. The van der Waals surface area contributed by atoms with Crippen LogP contribution in [0.5, 0.6) is 0 Å². The molecule has 2 aromatic heterocycles. The SMILES string of the molecule is [c]1cc(-c2ccc3[nH]cnc3c2)ccc1-c1csc(C2CC2)c1. The molecule has 3 heteroatoms. The Morgan fingerprint density at radius 2 is 1.96 bits per heavy atom. The average molecular weight is 315 g/mol. The van der Waals surface area contributed by atoms with Gasteiger partial charge in [0.25, 0.3) is 0 Å². The normalized spacial score (nSPS) is 14.4. The number of thiophene rings is 1. The van der Waals surface area contributed by atoms with Gasteiger partial charge < -0.3 is 4.98 Å². The number of hydrogen-bond donors (Lipinski definition) is 1. The van der Waals surface area contributed by atoms with Gasteiger partial charge >= 0.3 is 0 Å². The Morgan fingerprint density at radius 3 is 2.78 bits per heavy atom. The van der Waals surface area contributed by atoms with Gasteiger partial charge in [0.15, 0.2) is 0 Å². The molecule has 5 rings (SSSR count). The summed E-state index contributed by atoms with van der Waals surface area (Å²) in [4.78, 5) is 8.99. The molecule has 1 saturated carbocycles. The summed E-state index contributed by atoms with van der Waals surface area (Å²) in [5.74, 6) is 0.827. The Morgan fingerprint density at radius 1 is 1.04 bits per heavy atom. The van der Waals surface area contributed by atoms with E-state index in [1.54, 1.807) is 6.33 Å². The zero-order valence-corrected chi connectivity index (χ0v) is 13.4. The van der Waals surface area contributed by atoms with E-state index in [9.17, 15) is 0 Å². The lowest BCUT2D eigenvalue weighted by molar-refractivity contribution is 1.18. The number of nitrogens with one attached hydrogen (secondary N) is 1. The molecule has 0 bridgehead atoms. The van der Waals surface area contributed by atoms with Gasteiger partial charge in [-0.05, 0) is 76.7 Å². The Labute approximate surface area is 138 Å². The first kappa shape index (κ1) is 13.1. The Bertz CT molecular complexity index is 974. The second-order valence-corrected chi connectivity index (χ2v) is 7.08. The highest BCUT2D eigenvalue weighted by Crippen LogP contribution is 2.44. The number of nitrogens with zero attached hydrogens (tertiary/aromatic N) is 1. The number of aromatic nitrogens is 2. The molecular formula is C20H15N2S. The number of benzene rings is 2. The molecule has 0 atom stereocenters. The highest BCUT2D eigenvalue weighted by atomic mass is 32.1. The van der Waals surface area contributed by atoms with Crippen LogP contribution in [0.3, 0.4) is 0 Å². The molecule has 1 aliphatic rings. The maximum absolute atomic E-state index is 4.33. The van der Waals surface area contributed by atoms with E-state index in [1.165, 1.54) is 40.0 Å². The average Bonchev–Trinajstić information content (AvgIpc) is 3.14. The van der Waals surface area contributed by atoms with Gasteiger partial charge in [-0.1, -0.05) is 18.2 Å². The first-order valence-electron chi connectivity index (χ1n) is 7.91. The van der Waals surface area contributed by atoms with Crippen LogP contribution in [0.25, 0.3) is 33.3 Å². The quantitative estimate of drug-likeness (QED) is 0.521. The summed E-state index contributed by atoms with van der Waals surface area (Å²) in [7, 11) is 0. The number of hydrogen-bond acceptors (Lipinski definition) is 2. The summed E-state index contributed by atoms with van der Waals surface area (Å²) in [5.41, 5.74) is 6.90. The van der Waals surface area contributed by atoms with Crippen LogP contribution < -0.4 is 0 Å². The van der Waals surface area contributed by atoms with E-state index in [4.69, 9.17) is 0 Å². The van der Waals surface area contributed by atoms with Crippen molar-refractivity contribution >= 4 is 22.4 Å². The van der Waals surface area contributed by atoms with Crippen LogP contribution in [-0.4, -0.2) is 9.97 Å². The van der Waals surface area contributed by atoms with Crippen LogP contribution in [0, 0.1) is 6.07 Å². The van der Waals surface area contributed by atoms with Crippen molar-refractivity contribution in [3.63, 3.8) is 0 Å². The fraction of sp³-hybridized carbons (Fsp3) is 0.150. The minimum atomic E-state index is 0.827. The number of fused-ring (bicyclic) bond motifs is 1. The highest BCUT2D eigenvalue weighted by molar-refractivity contribution is 7.10. The standard InChI is InChI=1S/C20H15N2S/c1-3-14(17-10-20(23-11-17)15-5-6-15)4-2-13(1)16-7-8-18-19(9-16)22-12-21-18/h1-3,7-12,15H,5-6H2,(H,21,22). The minimum absolute atomic E-state index is 0.827. The second kappa shape index (κ2) is 5.07. The van der Waals surface area contributed by atoms with Crippen molar-refractivity contribution in [3.05, 3.63) is 65.1 Å². The van der Waals surface area contributed by atoms with Gasteiger partial charge in [-0.15, -0.1) is 11.3 Å². The molecule has 0 saturated heterocycles. The zero-order valence-electron chi connectivity index (χ0n) is 12.5. The molecule has 0 aliphatic heterocycles. The highest BCUT2D eigenvalue weighted by Gasteiger charge is 2.25. The molecule has 0 unspecified atom stereocenters. The molecule has 2 aromatic carbocycles. The predicted octanol–water partition coefficient (Wildman–Crippen LogP) is 5.64. The number of aromatic amines is 1. The van der Waals surface area contributed by atoms with Gasteiger partial charge in [0.05, 0.1) is 17.4 Å². The van der Waals surface area contributed by atoms with Gasteiger partial charge in [-0.3, -0.25) is 0 Å². The molecule has 1 fully saturated rings. The van der Waals surface area contributed by atoms with Gasteiger partial charge in [0.2, 0.25) is 0 Å². The molecule has 1 aliphatic carbocycles. The van der Waals surface area contributed by atoms with Gasteiger partial charge in [-0.2, -0.15) is 0 Å². The largest absolute Gasteiger partial charge is 0.345 e. The van der Waals surface area contributed by atoms with E-state index < -0.39 is 0 Å². The third-order valence-corrected chi connectivity index (χ3v) is 5.57. The van der Waals surface area contributed by atoms with Gasteiger partial charge in [-0.25, -0.2) is 4.98 Å². The molecule has 0 spiro atoms. The van der Waals surface area contributed by atoms with Gasteiger partial charge in [0.1, 0.15) is 0 Å². The molecule has 23 heavy (non-hydrogen) atoms. The van der Waals surface area contributed by atoms with E-state index in [2.05, 4.69) is 63.9 Å². The third kappa shape index (κ3) is 2.37. The molecule has 1 radical (unpaired) electrons. The molecule has 0 amide bonds. The Balaban J connectivity index is 1.47. The summed E-state index contributed by atoms with van der Waals surface area (Å²) in [6, 6.07) is 18.5. The van der Waals surface area contributed by atoms with E-state index in [1.807, 2.05) is 11.3 Å². The monoisotopic (exact) mass is 315 g/mol. The van der Waals surface area contributed by atoms with Crippen LogP contribution in [0.4, 0.5) is 0 Å². The van der Waals surface area contributed by atoms with Crippen molar-refractivity contribution in [2.45, 2.75) is 18.8 Å². The summed E-state index contributed by atoms with van der Waals surface area (Å²) < 4.78 is 0. The summed E-state index contributed by atoms with van der Waals surface area (Å²) in [5, 5.41) is 2.26. The fourth-order valence-electron chi connectivity index (χ4n) is 2.97. The van der Waals surface area contributed by atoms with Crippen LogP contribution in [0.1, 0.15) is 23.6 Å². The maximum Gasteiger partial charge on any atom is 0.0931 e. The summed E-state index contributed by atoms with van der Waals surface area (Å²) in [6.07, 6.45) is 4.45. The maximum atomic E-state index is 4.33. The first-order valence-corrected chi connectivity index (χ1v) is 8.79. The van der Waals surface area contributed by atoms with Gasteiger partial charge in [0, 0.05) is 4.88 Å². The molecule has 4 aromatic rings. The van der Waals surface area contributed by atoms with Crippen molar-refractivity contribution in [2.75, 3.05) is 0 Å². The zero-order chi connectivity index (χ0) is 15.2. The lowest BCUT2D eigenvalue weighted by atomic mass is 10.0. The summed E-state index contributed by atoms with van der Waals surface area (Å²) >= 11 is 1.89. The lowest BCUT2D eigenvalue weighted by Crippen LogP contribution is -1.80. The van der Waals surface area contributed by atoms with Crippen molar-refractivity contribution in [2.24, 2.45) is 0 Å². The van der Waals surface area contributed by atoms with E-state index in [-0.39, 0.29) is 0 Å². The topological polar surface area (TPSA) is 28.7 Å². The minimum Gasteiger partial charge on any atom is -0.345 e. The van der Waals surface area contributed by atoms with E-state index in [0.717, 1.165) is 17.0 Å². The lowest BCUT2D eigenvalue weighted by Gasteiger charge is -2.03. The predicted molar refractivity (Wildman–Crippen MR) is 95.7 cm³/mol. The molecule has 1 N–H and O–H groups in total. The third-order valence-electron chi connectivity index (χ3n) is 4.48. The van der Waals surface area contributed by atoms with Crippen LogP contribution >= 0.6 is 11.3 Å². The van der Waals surface area contributed by atoms with Crippen molar-refractivity contribution < 1.29 is 0 Å². The molecular weight excluding hydrogens is 300 g/mol.